The van der Waals surface area contributed by atoms with Crippen molar-refractivity contribution in [1.82, 2.24) is 0 Å². The molecule has 4 rings (SSSR count). The summed E-state index contributed by atoms with van der Waals surface area (Å²) < 4.78 is 5.97. The van der Waals surface area contributed by atoms with Crippen LogP contribution in [0.25, 0.3) is 29.6 Å². The van der Waals surface area contributed by atoms with Crippen molar-refractivity contribution in [3.63, 3.8) is 0 Å². The Morgan fingerprint density at radius 2 is 0.853 bits per heavy atom. The van der Waals surface area contributed by atoms with Gasteiger partial charge in [0.05, 0.1) is 9.40 Å². The second-order valence-electron chi connectivity index (χ2n) is 10.3. The summed E-state index contributed by atoms with van der Waals surface area (Å²) in [6, 6.07) is 14.5. The van der Waals surface area contributed by atoms with Crippen molar-refractivity contribution in [2.45, 2.75) is 117 Å². The number of aryl methyl sites for hydroxylation is 2. The SMILES string of the molecule is CCCCCCCCCCCCc1ccc2c(c1)sc1c3ccc(CCCCCC)cc3sc21. The van der Waals surface area contributed by atoms with Crippen LogP contribution in [0.4, 0.5) is 0 Å². The first-order chi connectivity index (χ1) is 16.8. The van der Waals surface area contributed by atoms with E-state index in [-0.39, 0.29) is 0 Å². The highest BCUT2D eigenvalue weighted by atomic mass is 32.1. The highest BCUT2D eigenvalue weighted by molar-refractivity contribution is 7.36. The second-order valence-corrected chi connectivity index (χ2v) is 12.4. The molecule has 0 saturated carbocycles. The van der Waals surface area contributed by atoms with Crippen LogP contribution in [-0.4, -0.2) is 0 Å². The van der Waals surface area contributed by atoms with Gasteiger partial charge in [-0.05, 0) is 48.9 Å². The van der Waals surface area contributed by atoms with Crippen LogP contribution in [0.3, 0.4) is 0 Å². The first-order valence-corrected chi connectivity index (χ1v) is 15.8. The van der Waals surface area contributed by atoms with Gasteiger partial charge in [-0.1, -0.05) is 115 Å². The summed E-state index contributed by atoms with van der Waals surface area (Å²) in [4.78, 5) is 0. The molecule has 0 fully saturated rings. The molecular formula is C32H44S2. The highest BCUT2D eigenvalue weighted by Gasteiger charge is 2.13. The van der Waals surface area contributed by atoms with E-state index < -0.39 is 0 Å². The fourth-order valence-corrected chi connectivity index (χ4v) is 8.01. The molecule has 0 aliphatic rings. The zero-order chi connectivity index (χ0) is 23.6. The third-order valence-corrected chi connectivity index (χ3v) is 9.85. The molecule has 0 unspecified atom stereocenters. The van der Waals surface area contributed by atoms with Crippen molar-refractivity contribution >= 4 is 52.2 Å². The van der Waals surface area contributed by atoms with Crippen molar-refractivity contribution < 1.29 is 0 Å². The minimum Gasteiger partial charge on any atom is -0.134 e. The van der Waals surface area contributed by atoms with Crippen molar-refractivity contribution in [2.75, 3.05) is 0 Å². The van der Waals surface area contributed by atoms with E-state index in [2.05, 4.69) is 50.2 Å². The van der Waals surface area contributed by atoms with E-state index in [1.54, 1.807) is 0 Å². The van der Waals surface area contributed by atoms with Crippen molar-refractivity contribution in [3.05, 3.63) is 47.5 Å². The lowest BCUT2D eigenvalue weighted by molar-refractivity contribution is 0.556. The van der Waals surface area contributed by atoms with Gasteiger partial charge < -0.3 is 0 Å². The second kappa shape index (κ2) is 13.6. The summed E-state index contributed by atoms with van der Waals surface area (Å²) in [5.41, 5.74) is 3.04. The van der Waals surface area contributed by atoms with Gasteiger partial charge in [-0.15, -0.1) is 22.7 Å². The van der Waals surface area contributed by atoms with Crippen LogP contribution in [0.5, 0.6) is 0 Å². The number of rotatable bonds is 16. The van der Waals surface area contributed by atoms with Crippen molar-refractivity contribution in [1.29, 1.82) is 0 Å². The highest BCUT2D eigenvalue weighted by Crippen LogP contribution is 2.44. The maximum atomic E-state index is 2.48. The maximum absolute atomic E-state index is 2.48. The predicted octanol–water partition coefficient (Wildman–Crippen LogP) is 11.9. The third kappa shape index (κ3) is 6.85. The average Bonchev–Trinajstić information content (AvgIpc) is 3.38. The summed E-state index contributed by atoms with van der Waals surface area (Å²) in [6.45, 7) is 4.59. The van der Waals surface area contributed by atoms with Gasteiger partial charge in [-0.25, -0.2) is 0 Å². The summed E-state index contributed by atoms with van der Waals surface area (Å²) >= 11 is 4.02. The predicted molar refractivity (Wildman–Crippen MR) is 158 cm³/mol. The monoisotopic (exact) mass is 492 g/mol. The van der Waals surface area contributed by atoms with Crippen LogP contribution in [0.15, 0.2) is 36.4 Å². The van der Waals surface area contributed by atoms with E-state index in [4.69, 9.17) is 0 Å². The summed E-state index contributed by atoms with van der Waals surface area (Å²) in [5.74, 6) is 0. The molecule has 0 bridgehead atoms. The molecule has 2 aromatic heterocycles. The number of fused-ring (bicyclic) bond motifs is 5. The van der Waals surface area contributed by atoms with E-state index in [0.717, 1.165) is 0 Å². The van der Waals surface area contributed by atoms with Crippen molar-refractivity contribution in [2.24, 2.45) is 0 Å². The molecule has 2 heteroatoms. The maximum Gasteiger partial charge on any atom is 0.0542 e. The standard InChI is InChI=1S/C32H44S2/c1-3-5-7-9-10-11-12-13-14-16-18-26-20-22-28-30(24-26)34-31-27-21-19-25(17-15-8-6-4-2)23-29(27)33-32(28)31/h19-24H,3-18H2,1-2H3. The average molecular weight is 493 g/mol. The van der Waals surface area contributed by atoms with Gasteiger partial charge in [0.25, 0.3) is 0 Å². The smallest absolute Gasteiger partial charge is 0.0542 e. The number of unbranched alkanes of at least 4 members (excludes halogenated alkanes) is 12. The van der Waals surface area contributed by atoms with Crippen LogP contribution < -0.4 is 0 Å². The Hall–Kier alpha value is -1.38. The lowest BCUT2D eigenvalue weighted by Gasteiger charge is -2.04. The van der Waals surface area contributed by atoms with Gasteiger partial charge in [0.2, 0.25) is 0 Å². The summed E-state index contributed by atoms with van der Waals surface area (Å²) in [6.07, 6.45) is 21.9. The zero-order valence-electron chi connectivity index (χ0n) is 21.6. The van der Waals surface area contributed by atoms with E-state index >= 15 is 0 Å². The molecule has 2 aromatic carbocycles. The van der Waals surface area contributed by atoms with Crippen LogP contribution in [0, 0.1) is 0 Å². The lowest BCUT2D eigenvalue weighted by atomic mass is 10.0. The Morgan fingerprint density at radius 3 is 1.29 bits per heavy atom. The van der Waals surface area contributed by atoms with E-state index in [1.165, 1.54) is 143 Å². The third-order valence-electron chi connectivity index (χ3n) is 7.35. The van der Waals surface area contributed by atoms with Crippen LogP contribution in [0.2, 0.25) is 0 Å². The van der Waals surface area contributed by atoms with Gasteiger partial charge in [0.1, 0.15) is 0 Å². The van der Waals surface area contributed by atoms with Gasteiger partial charge in [-0.3, -0.25) is 0 Å². The Kier molecular flexibility index (Phi) is 10.3. The Labute approximate surface area is 215 Å². The number of benzene rings is 2. The molecule has 0 aliphatic carbocycles. The first kappa shape index (κ1) is 25.7. The Bertz CT molecular complexity index is 1150. The molecule has 0 atom stereocenters. The first-order valence-electron chi connectivity index (χ1n) is 14.2. The van der Waals surface area contributed by atoms with Crippen LogP contribution in [0.1, 0.15) is 115 Å². The molecule has 0 aliphatic heterocycles. The molecule has 0 radical (unpaired) electrons. The number of thiophene rings is 2. The minimum absolute atomic E-state index is 1.23. The number of hydrogen-bond acceptors (Lipinski definition) is 2. The molecule has 0 spiro atoms. The molecule has 0 nitrogen and oxygen atoms in total. The molecular weight excluding hydrogens is 448 g/mol. The largest absolute Gasteiger partial charge is 0.134 e. The van der Waals surface area contributed by atoms with Crippen LogP contribution in [-0.2, 0) is 12.8 Å². The minimum atomic E-state index is 1.23. The fourth-order valence-electron chi connectivity index (χ4n) is 5.23. The molecule has 2 heterocycles. The Balaban J connectivity index is 1.30. The van der Waals surface area contributed by atoms with Gasteiger partial charge in [-0.2, -0.15) is 0 Å². The Morgan fingerprint density at radius 1 is 0.471 bits per heavy atom. The number of hydrogen-bond donors (Lipinski definition) is 0. The molecule has 0 N–H and O–H groups in total. The van der Waals surface area contributed by atoms with Gasteiger partial charge >= 0.3 is 0 Å². The molecule has 0 amide bonds. The molecule has 34 heavy (non-hydrogen) atoms. The fraction of sp³-hybridized carbons (Fsp3) is 0.562. The zero-order valence-corrected chi connectivity index (χ0v) is 23.2. The normalized spacial score (nSPS) is 11.9. The lowest BCUT2D eigenvalue weighted by Crippen LogP contribution is -1.86. The van der Waals surface area contributed by atoms with Gasteiger partial charge in [0.15, 0.2) is 0 Å². The van der Waals surface area contributed by atoms with E-state index in [0.29, 0.717) is 0 Å². The van der Waals surface area contributed by atoms with Crippen molar-refractivity contribution in [3.8, 4) is 0 Å². The van der Waals surface area contributed by atoms with Gasteiger partial charge in [0, 0.05) is 20.2 Å². The molecule has 4 aromatic rings. The van der Waals surface area contributed by atoms with Crippen LogP contribution >= 0.6 is 22.7 Å². The quantitative estimate of drug-likeness (QED) is 0.136. The molecule has 184 valence electrons. The summed E-state index contributed by atoms with van der Waals surface area (Å²) in [5, 5.41) is 2.94. The topological polar surface area (TPSA) is 0 Å². The molecule has 0 saturated heterocycles. The van der Waals surface area contributed by atoms with E-state index in [1.807, 2.05) is 22.7 Å². The summed E-state index contributed by atoms with van der Waals surface area (Å²) in [7, 11) is 0. The van der Waals surface area contributed by atoms with E-state index in [9.17, 15) is 0 Å².